The summed E-state index contributed by atoms with van der Waals surface area (Å²) >= 11 is 0. The monoisotopic (exact) mass is 257 g/mol. The summed E-state index contributed by atoms with van der Waals surface area (Å²) in [5, 5.41) is 19.9. The highest BCUT2D eigenvalue weighted by atomic mass is 16.4. The Kier molecular flexibility index (Phi) is 4.07. The summed E-state index contributed by atoms with van der Waals surface area (Å²) in [6.07, 6.45) is 0. The molecule has 1 atom stereocenters. The van der Waals surface area contributed by atoms with Crippen LogP contribution in [0.15, 0.2) is 42.5 Å². The first-order valence-corrected chi connectivity index (χ1v) is 6.02. The van der Waals surface area contributed by atoms with Gasteiger partial charge in [-0.15, -0.1) is 10.2 Å². The third kappa shape index (κ3) is 3.51. The van der Waals surface area contributed by atoms with Crippen molar-refractivity contribution in [3.05, 3.63) is 42.5 Å². The number of aliphatic carboxylic acids is 1. The van der Waals surface area contributed by atoms with Crippen LogP contribution in [0, 0.1) is 5.92 Å². The van der Waals surface area contributed by atoms with E-state index in [1.165, 1.54) is 0 Å². The van der Waals surface area contributed by atoms with Crippen LogP contribution in [0.2, 0.25) is 0 Å². The molecule has 0 amide bonds. The first-order valence-electron chi connectivity index (χ1n) is 6.02. The van der Waals surface area contributed by atoms with Gasteiger partial charge in [-0.05, 0) is 12.1 Å². The van der Waals surface area contributed by atoms with Gasteiger partial charge in [-0.2, -0.15) is 0 Å². The maximum atomic E-state index is 10.7. The molecule has 0 radical (unpaired) electrons. The van der Waals surface area contributed by atoms with E-state index in [0.717, 1.165) is 11.3 Å². The molecular formula is C14H15N3O2. The van der Waals surface area contributed by atoms with Crippen LogP contribution in [-0.4, -0.2) is 27.8 Å². The van der Waals surface area contributed by atoms with Crippen LogP contribution in [0.5, 0.6) is 0 Å². The Labute approximate surface area is 111 Å². The zero-order valence-electron chi connectivity index (χ0n) is 10.6. The largest absolute Gasteiger partial charge is 0.481 e. The Morgan fingerprint density at radius 3 is 2.53 bits per heavy atom. The minimum absolute atomic E-state index is 0.328. The lowest BCUT2D eigenvalue weighted by Gasteiger charge is -2.08. The molecule has 1 unspecified atom stereocenters. The van der Waals surface area contributed by atoms with Crippen LogP contribution in [0.1, 0.15) is 6.92 Å². The number of anilines is 1. The summed E-state index contributed by atoms with van der Waals surface area (Å²) in [5.41, 5.74) is 1.79. The van der Waals surface area contributed by atoms with E-state index in [2.05, 4.69) is 15.5 Å². The SMILES string of the molecule is CC(CNc1ccc(-c2ccccc2)nn1)C(=O)O. The van der Waals surface area contributed by atoms with E-state index in [-0.39, 0.29) is 0 Å². The molecule has 1 aromatic heterocycles. The molecule has 98 valence electrons. The summed E-state index contributed by atoms with van der Waals surface area (Å²) in [6.45, 7) is 1.97. The molecule has 0 aliphatic heterocycles. The first kappa shape index (κ1) is 13.0. The van der Waals surface area contributed by atoms with Gasteiger partial charge in [0.1, 0.15) is 5.82 Å². The number of carboxylic acids is 1. The highest BCUT2D eigenvalue weighted by Crippen LogP contribution is 2.16. The van der Waals surface area contributed by atoms with Crippen molar-refractivity contribution in [3.63, 3.8) is 0 Å². The van der Waals surface area contributed by atoms with Gasteiger partial charge in [0.25, 0.3) is 0 Å². The fraction of sp³-hybridized carbons (Fsp3) is 0.214. The highest BCUT2D eigenvalue weighted by Gasteiger charge is 2.10. The number of carboxylic acid groups (broad SMARTS) is 1. The number of benzene rings is 1. The van der Waals surface area contributed by atoms with Crippen molar-refractivity contribution in [2.45, 2.75) is 6.92 Å². The van der Waals surface area contributed by atoms with Crippen LogP contribution in [0.25, 0.3) is 11.3 Å². The predicted octanol–water partition coefficient (Wildman–Crippen LogP) is 2.28. The molecule has 0 bridgehead atoms. The Morgan fingerprint density at radius 1 is 1.21 bits per heavy atom. The van der Waals surface area contributed by atoms with E-state index >= 15 is 0 Å². The van der Waals surface area contributed by atoms with Gasteiger partial charge in [0.05, 0.1) is 11.6 Å². The van der Waals surface area contributed by atoms with E-state index in [1.807, 2.05) is 36.4 Å². The average molecular weight is 257 g/mol. The van der Waals surface area contributed by atoms with Crippen molar-refractivity contribution in [3.8, 4) is 11.3 Å². The van der Waals surface area contributed by atoms with Gasteiger partial charge in [-0.25, -0.2) is 0 Å². The third-order valence-electron chi connectivity index (χ3n) is 2.75. The molecule has 1 aromatic carbocycles. The molecule has 0 aliphatic rings. The molecular weight excluding hydrogens is 242 g/mol. The predicted molar refractivity (Wildman–Crippen MR) is 72.8 cm³/mol. The lowest BCUT2D eigenvalue weighted by Crippen LogP contribution is -2.20. The topological polar surface area (TPSA) is 75.1 Å². The van der Waals surface area contributed by atoms with Crippen LogP contribution in [-0.2, 0) is 4.79 Å². The van der Waals surface area contributed by atoms with E-state index in [1.54, 1.807) is 13.0 Å². The molecule has 2 N–H and O–H groups in total. The number of aromatic nitrogens is 2. The second kappa shape index (κ2) is 5.95. The number of carbonyl (C=O) groups is 1. The average Bonchev–Trinajstić information content (AvgIpc) is 2.46. The highest BCUT2D eigenvalue weighted by molar-refractivity contribution is 5.70. The standard InChI is InChI=1S/C14H15N3O2/c1-10(14(18)19)9-15-13-8-7-12(16-17-13)11-5-3-2-4-6-11/h2-8,10H,9H2,1H3,(H,15,17)(H,18,19). The minimum Gasteiger partial charge on any atom is -0.481 e. The lowest BCUT2D eigenvalue weighted by atomic mass is 10.1. The van der Waals surface area contributed by atoms with Crippen LogP contribution < -0.4 is 5.32 Å². The Hall–Kier alpha value is -2.43. The zero-order chi connectivity index (χ0) is 13.7. The van der Waals surface area contributed by atoms with Crippen molar-refractivity contribution in [1.29, 1.82) is 0 Å². The van der Waals surface area contributed by atoms with Crippen LogP contribution in [0.3, 0.4) is 0 Å². The molecule has 5 nitrogen and oxygen atoms in total. The molecule has 0 spiro atoms. The minimum atomic E-state index is -0.832. The molecule has 2 rings (SSSR count). The van der Waals surface area contributed by atoms with E-state index < -0.39 is 11.9 Å². The number of nitrogens with zero attached hydrogens (tertiary/aromatic N) is 2. The molecule has 0 saturated carbocycles. The fourth-order valence-electron chi connectivity index (χ4n) is 1.53. The number of hydrogen-bond acceptors (Lipinski definition) is 4. The van der Waals surface area contributed by atoms with Crippen molar-refractivity contribution >= 4 is 11.8 Å². The Bertz CT molecular complexity index is 540. The molecule has 5 heteroatoms. The summed E-state index contributed by atoms with van der Waals surface area (Å²) in [7, 11) is 0. The van der Waals surface area contributed by atoms with Gasteiger partial charge >= 0.3 is 5.97 Å². The van der Waals surface area contributed by atoms with Crippen molar-refractivity contribution < 1.29 is 9.90 Å². The second-order valence-corrected chi connectivity index (χ2v) is 4.29. The van der Waals surface area contributed by atoms with Gasteiger partial charge in [0.2, 0.25) is 0 Å². The molecule has 2 aromatic rings. The Morgan fingerprint density at radius 2 is 1.95 bits per heavy atom. The molecule has 19 heavy (non-hydrogen) atoms. The lowest BCUT2D eigenvalue weighted by molar-refractivity contribution is -0.140. The van der Waals surface area contributed by atoms with Gasteiger partial charge in [0, 0.05) is 12.1 Å². The fourth-order valence-corrected chi connectivity index (χ4v) is 1.53. The van der Waals surface area contributed by atoms with Gasteiger partial charge < -0.3 is 10.4 Å². The molecule has 0 saturated heterocycles. The van der Waals surface area contributed by atoms with Gasteiger partial charge in [0.15, 0.2) is 0 Å². The van der Waals surface area contributed by atoms with Crippen molar-refractivity contribution in [1.82, 2.24) is 10.2 Å². The van der Waals surface area contributed by atoms with Gasteiger partial charge in [-0.3, -0.25) is 4.79 Å². The summed E-state index contributed by atoms with van der Waals surface area (Å²) in [5.74, 6) is -0.718. The quantitative estimate of drug-likeness (QED) is 0.859. The number of hydrogen-bond donors (Lipinski definition) is 2. The number of rotatable bonds is 5. The van der Waals surface area contributed by atoms with Crippen LogP contribution in [0.4, 0.5) is 5.82 Å². The summed E-state index contributed by atoms with van der Waals surface area (Å²) in [6, 6.07) is 13.4. The van der Waals surface area contributed by atoms with E-state index in [0.29, 0.717) is 12.4 Å². The second-order valence-electron chi connectivity index (χ2n) is 4.29. The summed E-state index contributed by atoms with van der Waals surface area (Å²) in [4.78, 5) is 10.7. The van der Waals surface area contributed by atoms with E-state index in [4.69, 9.17) is 5.11 Å². The zero-order valence-corrected chi connectivity index (χ0v) is 10.6. The maximum Gasteiger partial charge on any atom is 0.308 e. The third-order valence-corrected chi connectivity index (χ3v) is 2.75. The molecule has 1 heterocycles. The molecule has 0 fully saturated rings. The Balaban J connectivity index is 2.01. The summed E-state index contributed by atoms with van der Waals surface area (Å²) < 4.78 is 0. The molecule has 0 aliphatic carbocycles. The normalized spacial score (nSPS) is 11.8. The number of nitrogens with one attached hydrogen (secondary N) is 1. The van der Waals surface area contributed by atoms with Gasteiger partial charge in [-0.1, -0.05) is 37.3 Å². The smallest absolute Gasteiger partial charge is 0.308 e. The first-order chi connectivity index (χ1) is 9.16. The van der Waals surface area contributed by atoms with Crippen molar-refractivity contribution in [2.75, 3.05) is 11.9 Å². The van der Waals surface area contributed by atoms with Crippen LogP contribution >= 0.6 is 0 Å². The maximum absolute atomic E-state index is 10.7. The van der Waals surface area contributed by atoms with E-state index in [9.17, 15) is 4.79 Å². The van der Waals surface area contributed by atoms with Crippen molar-refractivity contribution in [2.24, 2.45) is 5.92 Å².